The normalized spacial score (nSPS) is 14.0. The van der Waals surface area contributed by atoms with Crippen molar-refractivity contribution in [3.63, 3.8) is 0 Å². The number of carbonyl (C=O) groups excluding carboxylic acids is 2. The van der Waals surface area contributed by atoms with Gasteiger partial charge in [0, 0.05) is 22.4 Å². The van der Waals surface area contributed by atoms with Gasteiger partial charge in [0.25, 0.3) is 5.91 Å². The second kappa shape index (κ2) is 10.3. The molecule has 1 aliphatic heterocycles. The van der Waals surface area contributed by atoms with Gasteiger partial charge in [-0.05, 0) is 74.2 Å². The third kappa shape index (κ3) is 5.86. The molecule has 0 spiro atoms. The minimum Gasteiger partial charge on any atom is -0.497 e. The molecule has 0 radical (unpaired) electrons. The lowest BCUT2D eigenvalue weighted by Gasteiger charge is -2.29. The Balaban J connectivity index is 1.51. The van der Waals surface area contributed by atoms with E-state index < -0.39 is 0 Å². The van der Waals surface area contributed by atoms with Crippen LogP contribution in [-0.4, -0.2) is 30.1 Å². The van der Waals surface area contributed by atoms with Crippen molar-refractivity contribution < 1.29 is 14.3 Å². The summed E-state index contributed by atoms with van der Waals surface area (Å²) in [5.41, 5.74) is 5.55. The molecule has 0 saturated heterocycles. The van der Waals surface area contributed by atoms with E-state index in [1.807, 2.05) is 36.4 Å². The standard InChI is InChI=1S/C30H32N2O3/c1-5-7-20-10-12-21(13-11-20)29(34)31-24-9-6-8-22(16-24)28(33)18-27-26-17-25(35-4)15-14-23(26)19-30(2,3)32-27/h6,8-17H,5,7,18-19H2,1-4H3,(H,31,34). The van der Waals surface area contributed by atoms with E-state index in [9.17, 15) is 9.59 Å². The number of anilines is 1. The van der Waals surface area contributed by atoms with Gasteiger partial charge in [-0.15, -0.1) is 0 Å². The van der Waals surface area contributed by atoms with Gasteiger partial charge in [-0.3, -0.25) is 14.6 Å². The number of nitrogens with one attached hydrogen (secondary N) is 1. The zero-order valence-electron chi connectivity index (χ0n) is 20.9. The van der Waals surface area contributed by atoms with E-state index in [0.29, 0.717) is 16.8 Å². The number of ketones is 1. The van der Waals surface area contributed by atoms with Gasteiger partial charge in [0.15, 0.2) is 5.78 Å². The van der Waals surface area contributed by atoms with Gasteiger partial charge in [-0.1, -0.05) is 43.7 Å². The van der Waals surface area contributed by atoms with Crippen molar-refractivity contribution in [1.82, 2.24) is 0 Å². The van der Waals surface area contributed by atoms with Gasteiger partial charge in [0.05, 0.1) is 24.8 Å². The monoisotopic (exact) mass is 468 g/mol. The zero-order valence-corrected chi connectivity index (χ0v) is 20.9. The lowest BCUT2D eigenvalue weighted by Crippen LogP contribution is -2.30. The fraction of sp³-hybridized carbons (Fsp3) is 0.300. The molecule has 35 heavy (non-hydrogen) atoms. The average molecular weight is 469 g/mol. The average Bonchev–Trinajstić information content (AvgIpc) is 2.84. The number of fused-ring (bicyclic) bond motifs is 1. The maximum atomic E-state index is 13.3. The summed E-state index contributed by atoms with van der Waals surface area (Å²) in [6.45, 7) is 6.29. The molecule has 4 rings (SSSR count). The summed E-state index contributed by atoms with van der Waals surface area (Å²) in [6, 6.07) is 20.7. The van der Waals surface area contributed by atoms with Crippen molar-refractivity contribution in [3.05, 3.63) is 94.5 Å². The number of aryl methyl sites for hydroxylation is 1. The third-order valence-corrected chi connectivity index (χ3v) is 6.21. The Morgan fingerprint density at radius 1 is 1.00 bits per heavy atom. The number of benzene rings is 3. The molecule has 1 aliphatic rings. The predicted molar refractivity (Wildman–Crippen MR) is 141 cm³/mol. The van der Waals surface area contributed by atoms with E-state index in [4.69, 9.17) is 9.73 Å². The van der Waals surface area contributed by atoms with E-state index in [1.54, 1.807) is 31.4 Å². The largest absolute Gasteiger partial charge is 0.497 e. The number of ether oxygens (including phenoxy) is 1. The van der Waals surface area contributed by atoms with Crippen LogP contribution in [0.4, 0.5) is 5.69 Å². The first-order valence-electron chi connectivity index (χ1n) is 12.1. The van der Waals surface area contributed by atoms with Gasteiger partial charge in [0.2, 0.25) is 0 Å². The molecule has 0 aromatic heterocycles. The molecule has 0 fully saturated rings. The molecule has 3 aromatic rings. The van der Waals surface area contributed by atoms with Crippen LogP contribution >= 0.6 is 0 Å². The van der Waals surface area contributed by atoms with Gasteiger partial charge >= 0.3 is 0 Å². The first-order valence-corrected chi connectivity index (χ1v) is 12.1. The number of hydrogen-bond donors (Lipinski definition) is 1. The van der Waals surface area contributed by atoms with Crippen LogP contribution in [0, 0.1) is 0 Å². The summed E-state index contributed by atoms with van der Waals surface area (Å²) >= 11 is 0. The molecule has 180 valence electrons. The highest BCUT2D eigenvalue weighted by Crippen LogP contribution is 2.31. The van der Waals surface area contributed by atoms with Crippen molar-refractivity contribution >= 4 is 23.1 Å². The summed E-state index contributed by atoms with van der Waals surface area (Å²) in [6.07, 6.45) is 3.05. The molecule has 5 heteroatoms. The summed E-state index contributed by atoms with van der Waals surface area (Å²) in [5, 5.41) is 2.91. The Morgan fingerprint density at radius 3 is 2.49 bits per heavy atom. The summed E-state index contributed by atoms with van der Waals surface area (Å²) in [7, 11) is 1.63. The van der Waals surface area contributed by atoms with Gasteiger partial charge in [-0.25, -0.2) is 0 Å². The van der Waals surface area contributed by atoms with E-state index in [1.165, 1.54) is 11.1 Å². The molecule has 1 N–H and O–H groups in total. The fourth-order valence-corrected chi connectivity index (χ4v) is 4.51. The summed E-state index contributed by atoms with van der Waals surface area (Å²) in [4.78, 5) is 30.9. The van der Waals surface area contributed by atoms with E-state index in [2.05, 4.69) is 32.2 Å². The topological polar surface area (TPSA) is 67.8 Å². The van der Waals surface area contributed by atoms with Crippen LogP contribution in [0.5, 0.6) is 5.75 Å². The van der Waals surface area contributed by atoms with Crippen LogP contribution in [0.15, 0.2) is 71.7 Å². The molecule has 0 unspecified atom stereocenters. The summed E-state index contributed by atoms with van der Waals surface area (Å²) in [5.74, 6) is 0.503. The van der Waals surface area contributed by atoms with Crippen molar-refractivity contribution in [2.24, 2.45) is 4.99 Å². The molecular weight excluding hydrogens is 436 g/mol. The van der Waals surface area contributed by atoms with Crippen molar-refractivity contribution in [1.29, 1.82) is 0 Å². The molecule has 0 saturated carbocycles. The number of Topliss-reactive ketones (excluding diaryl/α,β-unsaturated/α-hetero) is 1. The van der Waals surface area contributed by atoms with Crippen molar-refractivity contribution in [2.45, 2.75) is 52.0 Å². The molecule has 3 aromatic carbocycles. The molecule has 1 heterocycles. The van der Waals surface area contributed by atoms with Gasteiger partial charge < -0.3 is 10.1 Å². The lowest BCUT2D eigenvalue weighted by atomic mass is 9.85. The van der Waals surface area contributed by atoms with E-state index in [0.717, 1.165) is 36.3 Å². The minimum absolute atomic E-state index is 0.0461. The Kier molecular flexibility index (Phi) is 7.15. The smallest absolute Gasteiger partial charge is 0.255 e. The van der Waals surface area contributed by atoms with Crippen LogP contribution in [-0.2, 0) is 12.8 Å². The highest BCUT2D eigenvalue weighted by Gasteiger charge is 2.28. The number of aliphatic imine (C=N–C) groups is 1. The lowest BCUT2D eigenvalue weighted by molar-refractivity contribution is 0.0996. The minimum atomic E-state index is -0.278. The number of methoxy groups -OCH3 is 1. The Bertz CT molecular complexity index is 1270. The van der Waals surface area contributed by atoms with Crippen LogP contribution in [0.2, 0.25) is 0 Å². The molecular formula is C30H32N2O3. The van der Waals surface area contributed by atoms with Crippen LogP contribution in [0.25, 0.3) is 0 Å². The SMILES string of the molecule is CCCc1ccc(C(=O)Nc2cccc(C(=O)CC3=NC(C)(C)Cc4ccc(OC)cc43)c2)cc1. The first-order chi connectivity index (χ1) is 16.8. The van der Waals surface area contributed by atoms with Gasteiger partial charge in [-0.2, -0.15) is 0 Å². The Hall–Kier alpha value is -3.73. The number of nitrogens with zero attached hydrogens (tertiary/aromatic N) is 1. The van der Waals surface area contributed by atoms with Crippen molar-refractivity contribution in [2.75, 3.05) is 12.4 Å². The Labute approximate surface area is 207 Å². The van der Waals surface area contributed by atoms with E-state index >= 15 is 0 Å². The second-order valence-corrected chi connectivity index (χ2v) is 9.65. The fourth-order valence-electron chi connectivity index (χ4n) is 4.51. The summed E-state index contributed by atoms with van der Waals surface area (Å²) < 4.78 is 5.40. The quantitative estimate of drug-likeness (QED) is 0.395. The van der Waals surface area contributed by atoms with Crippen LogP contribution < -0.4 is 10.1 Å². The highest BCUT2D eigenvalue weighted by atomic mass is 16.5. The number of hydrogen-bond acceptors (Lipinski definition) is 4. The van der Waals surface area contributed by atoms with E-state index in [-0.39, 0.29) is 23.7 Å². The second-order valence-electron chi connectivity index (χ2n) is 9.65. The Morgan fingerprint density at radius 2 is 1.77 bits per heavy atom. The molecule has 0 aliphatic carbocycles. The molecule has 5 nitrogen and oxygen atoms in total. The number of carbonyl (C=O) groups is 2. The highest BCUT2D eigenvalue weighted by molar-refractivity contribution is 6.17. The number of amides is 1. The maximum absolute atomic E-state index is 13.3. The van der Waals surface area contributed by atoms with Gasteiger partial charge in [0.1, 0.15) is 5.75 Å². The zero-order chi connectivity index (χ0) is 25.0. The number of rotatable bonds is 8. The van der Waals surface area contributed by atoms with Crippen LogP contribution in [0.1, 0.15) is 71.0 Å². The maximum Gasteiger partial charge on any atom is 0.255 e. The predicted octanol–water partition coefficient (Wildman–Crippen LogP) is 6.30. The van der Waals surface area contributed by atoms with Crippen LogP contribution in [0.3, 0.4) is 0 Å². The first kappa shape index (κ1) is 24.4. The molecule has 1 amide bonds. The van der Waals surface area contributed by atoms with Crippen molar-refractivity contribution in [3.8, 4) is 5.75 Å². The molecule has 0 bridgehead atoms. The molecule has 0 atom stereocenters. The third-order valence-electron chi connectivity index (χ3n) is 6.21.